The van der Waals surface area contributed by atoms with Gasteiger partial charge in [0.05, 0.1) is 19.2 Å². The van der Waals surface area contributed by atoms with Gasteiger partial charge in [-0.1, -0.05) is 0 Å². The van der Waals surface area contributed by atoms with Crippen molar-refractivity contribution in [2.75, 3.05) is 0 Å². The third-order valence-electron chi connectivity index (χ3n) is 4.44. The third-order valence-corrected chi connectivity index (χ3v) is 4.44. The van der Waals surface area contributed by atoms with Gasteiger partial charge in [0.1, 0.15) is 35.6 Å². The molecule has 0 amide bonds. The molecule has 0 radical (unpaired) electrons. The van der Waals surface area contributed by atoms with E-state index in [2.05, 4.69) is 0 Å². The highest BCUT2D eigenvalue weighted by Crippen LogP contribution is 2.23. The summed E-state index contributed by atoms with van der Waals surface area (Å²) in [5, 5.41) is 9.87. The zero-order valence-corrected chi connectivity index (χ0v) is 15.5. The summed E-state index contributed by atoms with van der Waals surface area (Å²) >= 11 is 0. The lowest BCUT2D eigenvalue weighted by Crippen LogP contribution is -2.40. The van der Waals surface area contributed by atoms with Crippen LogP contribution in [0.3, 0.4) is 0 Å². The van der Waals surface area contributed by atoms with Crippen molar-refractivity contribution in [3.63, 3.8) is 0 Å². The molecule has 164 valence electrons. The van der Waals surface area contributed by atoms with Crippen molar-refractivity contribution < 1.29 is 31.4 Å². The van der Waals surface area contributed by atoms with Gasteiger partial charge in [0, 0.05) is 12.1 Å². The first-order valence-electron chi connectivity index (χ1n) is 8.79. The van der Waals surface area contributed by atoms with Gasteiger partial charge in [-0.3, -0.25) is 13.9 Å². The standard InChI is InChI=1S/C20H14F6N2O3/c21-12-1-10(2-13(22)5-12)16(25)8-27-18(29)7-19(30)28(20(27)31)9-17(26)11-3-14(23)6-15(24)4-11/h1-7,16-17,29H,8-9H2/t16-,17+/m0/s1. The van der Waals surface area contributed by atoms with Crippen molar-refractivity contribution in [1.29, 1.82) is 0 Å². The Kier molecular flexibility index (Phi) is 6.23. The van der Waals surface area contributed by atoms with Gasteiger partial charge < -0.3 is 5.11 Å². The summed E-state index contributed by atoms with van der Waals surface area (Å²) in [6.07, 6.45) is -4.36. The highest BCUT2D eigenvalue weighted by molar-refractivity contribution is 5.22. The second kappa shape index (κ2) is 8.70. The van der Waals surface area contributed by atoms with Crippen LogP contribution in [-0.2, 0) is 13.1 Å². The molecule has 0 aliphatic carbocycles. The number of benzene rings is 2. The van der Waals surface area contributed by atoms with Crippen molar-refractivity contribution in [3.8, 4) is 5.88 Å². The average Bonchev–Trinajstić information content (AvgIpc) is 2.66. The van der Waals surface area contributed by atoms with Crippen LogP contribution in [0.25, 0.3) is 0 Å². The van der Waals surface area contributed by atoms with Crippen LogP contribution < -0.4 is 11.2 Å². The van der Waals surface area contributed by atoms with Crippen LogP contribution in [0.5, 0.6) is 5.88 Å². The lowest BCUT2D eigenvalue weighted by atomic mass is 10.1. The fraction of sp³-hybridized carbons (Fsp3) is 0.200. The number of aromatic hydroxyl groups is 1. The molecular formula is C20H14F6N2O3. The Bertz CT molecular complexity index is 1200. The summed E-state index contributed by atoms with van der Waals surface area (Å²) in [7, 11) is 0. The molecule has 11 heteroatoms. The van der Waals surface area contributed by atoms with Crippen LogP contribution in [0.2, 0.25) is 0 Å². The van der Waals surface area contributed by atoms with Crippen LogP contribution in [0.1, 0.15) is 23.5 Å². The molecule has 2 aromatic carbocycles. The molecule has 0 spiro atoms. The minimum atomic E-state index is -2.19. The molecular weight excluding hydrogens is 430 g/mol. The number of nitrogens with zero attached hydrogens (tertiary/aromatic N) is 2. The second-order valence-corrected chi connectivity index (χ2v) is 6.69. The highest BCUT2D eigenvalue weighted by atomic mass is 19.2. The van der Waals surface area contributed by atoms with E-state index in [0.29, 0.717) is 51.6 Å². The minimum absolute atomic E-state index is 0.298. The van der Waals surface area contributed by atoms with Gasteiger partial charge in [0.25, 0.3) is 5.56 Å². The van der Waals surface area contributed by atoms with Crippen molar-refractivity contribution in [1.82, 2.24) is 9.13 Å². The van der Waals surface area contributed by atoms with Crippen LogP contribution in [0.4, 0.5) is 26.3 Å². The first-order chi connectivity index (χ1) is 14.5. The smallest absolute Gasteiger partial charge is 0.333 e. The number of hydrogen-bond donors (Lipinski definition) is 1. The zero-order chi connectivity index (χ0) is 22.9. The maximum atomic E-state index is 14.5. The minimum Gasteiger partial charge on any atom is -0.494 e. The predicted molar refractivity (Wildman–Crippen MR) is 97.0 cm³/mol. The molecule has 0 unspecified atom stereocenters. The summed E-state index contributed by atoms with van der Waals surface area (Å²) in [5.74, 6) is -5.24. The molecule has 0 aliphatic rings. The fourth-order valence-corrected chi connectivity index (χ4v) is 2.99. The largest absolute Gasteiger partial charge is 0.494 e. The molecule has 1 N–H and O–H groups in total. The summed E-state index contributed by atoms with van der Waals surface area (Å²) in [4.78, 5) is 24.6. The Hall–Kier alpha value is -3.50. The van der Waals surface area contributed by atoms with Crippen molar-refractivity contribution in [3.05, 3.63) is 97.7 Å². The molecule has 0 bridgehead atoms. The average molecular weight is 444 g/mol. The van der Waals surface area contributed by atoms with E-state index in [1.54, 1.807) is 0 Å². The Labute approximate surface area is 170 Å². The molecule has 0 saturated heterocycles. The fourth-order valence-electron chi connectivity index (χ4n) is 2.99. The maximum Gasteiger partial charge on any atom is 0.333 e. The molecule has 5 nitrogen and oxygen atoms in total. The Morgan fingerprint density at radius 1 is 0.677 bits per heavy atom. The first kappa shape index (κ1) is 22.2. The van der Waals surface area contributed by atoms with E-state index < -0.39 is 77.0 Å². The van der Waals surface area contributed by atoms with Gasteiger partial charge >= 0.3 is 5.69 Å². The number of rotatable bonds is 6. The van der Waals surface area contributed by atoms with E-state index in [1.165, 1.54) is 0 Å². The molecule has 1 heterocycles. The predicted octanol–water partition coefficient (Wildman–Crippen LogP) is 3.69. The zero-order valence-electron chi connectivity index (χ0n) is 15.5. The van der Waals surface area contributed by atoms with E-state index in [9.17, 15) is 41.0 Å². The van der Waals surface area contributed by atoms with E-state index in [0.717, 1.165) is 0 Å². The molecule has 0 fully saturated rings. The van der Waals surface area contributed by atoms with Crippen LogP contribution in [0.15, 0.2) is 52.1 Å². The number of halogens is 6. The quantitative estimate of drug-likeness (QED) is 0.590. The molecule has 31 heavy (non-hydrogen) atoms. The lowest BCUT2D eigenvalue weighted by Gasteiger charge is -2.16. The van der Waals surface area contributed by atoms with Gasteiger partial charge in [-0.2, -0.15) is 0 Å². The van der Waals surface area contributed by atoms with Crippen molar-refractivity contribution in [2.24, 2.45) is 0 Å². The second-order valence-electron chi connectivity index (χ2n) is 6.69. The summed E-state index contributed by atoms with van der Waals surface area (Å²) in [6, 6.07) is 4.24. The van der Waals surface area contributed by atoms with E-state index in [1.807, 2.05) is 0 Å². The van der Waals surface area contributed by atoms with Crippen LogP contribution >= 0.6 is 0 Å². The number of aromatic nitrogens is 2. The monoisotopic (exact) mass is 444 g/mol. The molecule has 3 rings (SSSR count). The first-order valence-corrected chi connectivity index (χ1v) is 8.79. The third kappa shape index (κ3) is 4.98. The van der Waals surface area contributed by atoms with E-state index in [-0.39, 0.29) is 0 Å². The van der Waals surface area contributed by atoms with Gasteiger partial charge in [-0.15, -0.1) is 0 Å². The summed E-state index contributed by atoms with van der Waals surface area (Å²) in [5.41, 5.74) is -3.43. The van der Waals surface area contributed by atoms with Crippen molar-refractivity contribution >= 4 is 0 Å². The maximum absolute atomic E-state index is 14.5. The Balaban J connectivity index is 1.94. The molecule has 3 aromatic rings. The van der Waals surface area contributed by atoms with Crippen LogP contribution in [0, 0.1) is 23.3 Å². The summed E-state index contributed by atoms with van der Waals surface area (Å²) < 4.78 is 82.9. The Morgan fingerprint density at radius 2 is 1.06 bits per heavy atom. The number of hydrogen-bond acceptors (Lipinski definition) is 3. The highest BCUT2D eigenvalue weighted by Gasteiger charge is 2.21. The van der Waals surface area contributed by atoms with Gasteiger partial charge in [0.15, 0.2) is 0 Å². The van der Waals surface area contributed by atoms with Gasteiger partial charge in [-0.25, -0.2) is 31.1 Å². The van der Waals surface area contributed by atoms with Crippen molar-refractivity contribution in [2.45, 2.75) is 25.4 Å². The number of alkyl halides is 2. The molecule has 2 atom stereocenters. The van der Waals surface area contributed by atoms with Gasteiger partial charge in [-0.05, 0) is 35.4 Å². The molecule has 0 aliphatic heterocycles. The normalized spacial score (nSPS) is 13.2. The molecule has 0 saturated carbocycles. The lowest BCUT2D eigenvalue weighted by molar-refractivity contribution is 0.260. The van der Waals surface area contributed by atoms with Gasteiger partial charge in [0.2, 0.25) is 5.88 Å². The Morgan fingerprint density at radius 3 is 1.48 bits per heavy atom. The van der Waals surface area contributed by atoms with Crippen LogP contribution in [-0.4, -0.2) is 14.2 Å². The van der Waals surface area contributed by atoms with E-state index >= 15 is 0 Å². The summed E-state index contributed by atoms with van der Waals surface area (Å²) in [6.45, 7) is -1.92. The SMILES string of the molecule is O=c1cc(O)n(C[C@H](F)c2cc(F)cc(F)c2)c(=O)n1C[C@@H](F)c1cc(F)cc(F)c1. The van der Waals surface area contributed by atoms with E-state index in [4.69, 9.17) is 0 Å². The molecule has 1 aromatic heterocycles. The topological polar surface area (TPSA) is 64.2 Å².